The number of amidine groups is 1. The quantitative estimate of drug-likeness (QED) is 0.536. The minimum Gasteiger partial charge on any atom is -0.372 e. The van der Waals surface area contributed by atoms with Crippen molar-refractivity contribution in [2.24, 2.45) is 4.99 Å². The molecule has 0 amide bonds. The van der Waals surface area contributed by atoms with Crippen LogP contribution in [0.3, 0.4) is 0 Å². The number of hydrogen-bond acceptors (Lipinski definition) is 2. The summed E-state index contributed by atoms with van der Waals surface area (Å²) in [5.41, 5.74) is 0.337. The van der Waals surface area contributed by atoms with Crippen LogP contribution >= 0.6 is 0 Å². The van der Waals surface area contributed by atoms with Gasteiger partial charge in [-0.1, -0.05) is 12.8 Å². The van der Waals surface area contributed by atoms with Crippen molar-refractivity contribution in [3.63, 3.8) is 0 Å². The first kappa shape index (κ1) is 6.20. The first-order valence-electron chi connectivity index (χ1n) is 4.11. The SMILES string of the molecule is CC1=NC2(CCCC2)CN1. The molecule has 0 aromatic heterocycles. The van der Waals surface area contributed by atoms with Gasteiger partial charge in [-0.15, -0.1) is 0 Å². The summed E-state index contributed by atoms with van der Waals surface area (Å²) in [6, 6.07) is 0. The summed E-state index contributed by atoms with van der Waals surface area (Å²) in [5.74, 6) is 1.14. The second-order valence-electron chi connectivity index (χ2n) is 3.48. The Balaban J connectivity index is 2.16. The fourth-order valence-corrected chi connectivity index (χ4v) is 2.05. The lowest BCUT2D eigenvalue weighted by molar-refractivity contribution is 0.466. The highest BCUT2D eigenvalue weighted by molar-refractivity contribution is 5.81. The van der Waals surface area contributed by atoms with Crippen LogP contribution in [-0.2, 0) is 0 Å². The number of hydrogen-bond donors (Lipinski definition) is 1. The van der Waals surface area contributed by atoms with Crippen LogP contribution in [-0.4, -0.2) is 17.9 Å². The summed E-state index contributed by atoms with van der Waals surface area (Å²) in [4.78, 5) is 4.62. The van der Waals surface area contributed by atoms with Crippen LogP contribution in [0.5, 0.6) is 0 Å². The van der Waals surface area contributed by atoms with Gasteiger partial charge in [0.1, 0.15) is 0 Å². The van der Waals surface area contributed by atoms with E-state index in [0.717, 1.165) is 12.4 Å². The molecule has 2 rings (SSSR count). The first-order chi connectivity index (χ1) is 4.81. The fraction of sp³-hybridized carbons (Fsp3) is 0.875. The standard InChI is InChI=1S/C8H14N2/c1-7-9-6-8(10-7)4-2-3-5-8/h2-6H2,1H3,(H,9,10). The second-order valence-corrected chi connectivity index (χ2v) is 3.48. The Bertz CT molecular complexity index is 166. The van der Waals surface area contributed by atoms with E-state index in [9.17, 15) is 0 Å². The van der Waals surface area contributed by atoms with Gasteiger partial charge < -0.3 is 5.32 Å². The Morgan fingerprint density at radius 3 is 2.60 bits per heavy atom. The minimum atomic E-state index is 0.337. The molecule has 10 heavy (non-hydrogen) atoms. The number of aliphatic imine (C=N–C) groups is 1. The molecule has 0 aromatic rings. The summed E-state index contributed by atoms with van der Waals surface area (Å²) < 4.78 is 0. The highest BCUT2D eigenvalue weighted by Gasteiger charge is 2.36. The van der Waals surface area contributed by atoms with Crippen molar-refractivity contribution in [3.05, 3.63) is 0 Å². The maximum absolute atomic E-state index is 4.62. The zero-order chi connectivity index (χ0) is 7.03. The molecular formula is C8H14N2. The summed E-state index contributed by atoms with van der Waals surface area (Å²) >= 11 is 0. The van der Waals surface area contributed by atoms with Gasteiger partial charge in [-0.05, 0) is 19.8 Å². The van der Waals surface area contributed by atoms with Crippen molar-refractivity contribution < 1.29 is 0 Å². The molecule has 0 radical (unpaired) electrons. The summed E-state index contributed by atoms with van der Waals surface area (Å²) in [6.07, 6.45) is 5.35. The summed E-state index contributed by atoms with van der Waals surface area (Å²) in [5, 5.41) is 3.30. The smallest absolute Gasteiger partial charge is 0.0940 e. The van der Waals surface area contributed by atoms with Gasteiger partial charge in [0.15, 0.2) is 0 Å². The van der Waals surface area contributed by atoms with E-state index in [1.807, 2.05) is 0 Å². The third-order valence-electron chi connectivity index (χ3n) is 2.61. The Hall–Kier alpha value is -0.530. The fourth-order valence-electron chi connectivity index (χ4n) is 2.05. The molecule has 0 aromatic carbocycles. The molecule has 1 aliphatic carbocycles. The van der Waals surface area contributed by atoms with Crippen molar-refractivity contribution in [2.75, 3.05) is 6.54 Å². The normalized spacial score (nSPS) is 28.7. The lowest BCUT2D eigenvalue weighted by atomic mass is 10.0. The van der Waals surface area contributed by atoms with Crippen LogP contribution in [0, 0.1) is 0 Å². The zero-order valence-electron chi connectivity index (χ0n) is 6.48. The van der Waals surface area contributed by atoms with E-state index >= 15 is 0 Å². The molecule has 2 aliphatic rings. The molecule has 2 heteroatoms. The van der Waals surface area contributed by atoms with Crippen LogP contribution in [0.2, 0.25) is 0 Å². The Labute approximate surface area is 61.7 Å². The molecule has 1 spiro atoms. The topological polar surface area (TPSA) is 24.4 Å². The molecule has 0 atom stereocenters. The van der Waals surface area contributed by atoms with Crippen molar-refractivity contribution in [2.45, 2.75) is 38.1 Å². The average molecular weight is 138 g/mol. The monoisotopic (exact) mass is 138 g/mol. The molecule has 0 saturated heterocycles. The van der Waals surface area contributed by atoms with Crippen LogP contribution in [0.25, 0.3) is 0 Å². The Morgan fingerprint density at radius 1 is 1.40 bits per heavy atom. The molecule has 0 bridgehead atoms. The molecular weight excluding hydrogens is 124 g/mol. The van der Waals surface area contributed by atoms with E-state index in [1.165, 1.54) is 25.7 Å². The predicted molar refractivity (Wildman–Crippen MR) is 42.3 cm³/mol. The van der Waals surface area contributed by atoms with E-state index in [4.69, 9.17) is 0 Å². The van der Waals surface area contributed by atoms with Gasteiger partial charge in [-0.3, -0.25) is 4.99 Å². The number of rotatable bonds is 0. The van der Waals surface area contributed by atoms with Gasteiger partial charge >= 0.3 is 0 Å². The zero-order valence-corrected chi connectivity index (χ0v) is 6.48. The second kappa shape index (κ2) is 1.97. The molecule has 2 nitrogen and oxygen atoms in total. The van der Waals surface area contributed by atoms with E-state index in [0.29, 0.717) is 5.54 Å². The first-order valence-corrected chi connectivity index (χ1v) is 4.11. The van der Waals surface area contributed by atoms with Crippen molar-refractivity contribution >= 4 is 5.84 Å². The van der Waals surface area contributed by atoms with Gasteiger partial charge in [0.2, 0.25) is 0 Å². The van der Waals surface area contributed by atoms with E-state index in [2.05, 4.69) is 17.2 Å². The highest BCUT2D eigenvalue weighted by Crippen LogP contribution is 2.34. The lowest BCUT2D eigenvalue weighted by Gasteiger charge is -2.16. The third-order valence-corrected chi connectivity index (χ3v) is 2.61. The molecule has 1 aliphatic heterocycles. The minimum absolute atomic E-state index is 0.337. The maximum Gasteiger partial charge on any atom is 0.0940 e. The Morgan fingerprint density at radius 2 is 2.10 bits per heavy atom. The maximum atomic E-state index is 4.62. The highest BCUT2D eigenvalue weighted by atomic mass is 15.1. The van der Waals surface area contributed by atoms with Gasteiger partial charge in [0.05, 0.1) is 11.4 Å². The van der Waals surface area contributed by atoms with Crippen molar-refractivity contribution in [1.29, 1.82) is 0 Å². The number of nitrogens with one attached hydrogen (secondary N) is 1. The van der Waals surface area contributed by atoms with E-state index < -0.39 is 0 Å². The van der Waals surface area contributed by atoms with Crippen LogP contribution in [0.1, 0.15) is 32.6 Å². The van der Waals surface area contributed by atoms with Crippen molar-refractivity contribution in [3.8, 4) is 0 Å². The summed E-state index contributed by atoms with van der Waals surface area (Å²) in [7, 11) is 0. The van der Waals surface area contributed by atoms with Crippen LogP contribution < -0.4 is 5.32 Å². The molecule has 56 valence electrons. The molecule has 1 N–H and O–H groups in total. The van der Waals surface area contributed by atoms with Gasteiger partial charge in [0.25, 0.3) is 0 Å². The predicted octanol–water partition coefficient (Wildman–Crippen LogP) is 1.32. The lowest BCUT2D eigenvalue weighted by Crippen LogP contribution is -2.28. The van der Waals surface area contributed by atoms with Crippen LogP contribution in [0.15, 0.2) is 4.99 Å². The van der Waals surface area contributed by atoms with E-state index in [-0.39, 0.29) is 0 Å². The molecule has 1 heterocycles. The third kappa shape index (κ3) is 0.825. The van der Waals surface area contributed by atoms with Crippen LogP contribution in [0.4, 0.5) is 0 Å². The van der Waals surface area contributed by atoms with Gasteiger partial charge in [0, 0.05) is 6.54 Å². The Kier molecular flexibility index (Phi) is 1.22. The van der Waals surface area contributed by atoms with E-state index in [1.54, 1.807) is 0 Å². The average Bonchev–Trinajstić information content (AvgIpc) is 2.46. The van der Waals surface area contributed by atoms with Gasteiger partial charge in [-0.2, -0.15) is 0 Å². The number of nitrogens with zero attached hydrogens (tertiary/aromatic N) is 1. The largest absolute Gasteiger partial charge is 0.372 e. The van der Waals surface area contributed by atoms with Crippen molar-refractivity contribution in [1.82, 2.24) is 5.32 Å². The molecule has 0 unspecified atom stereocenters. The summed E-state index contributed by atoms with van der Waals surface area (Å²) in [6.45, 7) is 3.16. The van der Waals surface area contributed by atoms with Gasteiger partial charge in [-0.25, -0.2) is 0 Å². The molecule has 1 fully saturated rings. The molecule has 1 saturated carbocycles.